The Bertz CT molecular complexity index is 597. The van der Waals surface area contributed by atoms with Crippen LogP contribution < -0.4 is 15.8 Å². The second-order valence-electron chi connectivity index (χ2n) is 5.28. The fourth-order valence-electron chi connectivity index (χ4n) is 2.01. The van der Waals surface area contributed by atoms with Crippen LogP contribution in [0.2, 0.25) is 0 Å². The summed E-state index contributed by atoms with van der Waals surface area (Å²) in [6.45, 7) is 3.24. The topological polar surface area (TPSA) is 64.3 Å². The first-order valence-corrected chi connectivity index (χ1v) is 7.44. The maximum Gasteiger partial charge on any atom is 0.224 e. The summed E-state index contributed by atoms with van der Waals surface area (Å²) in [7, 11) is 0. The van der Waals surface area contributed by atoms with Crippen molar-refractivity contribution in [3.8, 4) is 5.75 Å². The van der Waals surface area contributed by atoms with Gasteiger partial charge in [0.2, 0.25) is 5.91 Å². The highest BCUT2D eigenvalue weighted by atomic mass is 35.5. The molecule has 2 aromatic rings. The molecule has 1 amide bonds. The molecule has 2 rings (SSSR count). The molecule has 0 bridgehead atoms. The van der Waals surface area contributed by atoms with Crippen LogP contribution in [-0.2, 0) is 11.2 Å². The Hall–Kier alpha value is -2.20. The van der Waals surface area contributed by atoms with E-state index in [4.69, 9.17) is 10.5 Å². The minimum Gasteiger partial charge on any atom is -0.494 e. The zero-order valence-electron chi connectivity index (χ0n) is 13.2. The SMILES string of the molecule is Cc1ccc(OCCCNC(=O)Cc2ccc(N)cc2)cc1.Cl. The normalized spacial score (nSPS) is 9.78. The van der Waals surface area contributed by atoms with Gasteiger partial charge in [-0.05, 0) is 43.2 Å². The van der Waals surface area contributed by atoms with Gasteiger partial charge in [0.25, 0.3) is 0 Å². The molecule has 0 saturated carbocycles. The summed E-state index contributed by atoms with van der Waals surface area (Å²) in [5.41, 5.74) is 8.49. The first-order chi connectivity index (χ1) is 10.6. The summed E-state index contributed by atoms with van der Waals surface area (Å²) in [5.74, 6) is 0.874. The Morgan fingerprint density at radius 1 is 1.09 bits per heavy atom. The number of benzene rings is 2. The molecule has 23 heavy (non-hydrogen) atoms. The molecule has 0 unspecified atom stereocenters. The summed E-state index contributed by atoms with van der Waals surface area (Å²) in [5, 5.41) is 2.89. The van der Waals surface area contributed by atoms with E-state index in [0.717, 1.165) is 17.7 Å². The average Bonchev–Trinajstić information content (AvgIpc) is 2.51. The molecule has 0 aliphatic carbocycles. The first kappa shape index (κ1) is 18.8. The van der Waals surface area contributed by atoms with Crippen LogP contribution in [0.3, 0.4) is 0 Å². The highest BCUT2D eigenvalue weighted by Gasteiger charge is 2.02. The molecule has 3 N–H and O–H groups in total. The van der Waals surface area contributed by atoms with E-state index in [-0.39, 0.29) is 18.3 Å². The Morgan fingerprint density at radius 2 is 1.74 bits per heavy atom. The third-order valence-electron chi connectivity index (χ3n) is 3.28. The van der Waals surface area contributed by atoms with Crippen LogP contribution in [0.25, 0.3) is 0 Å². The van der Waals surface area contributed by atoms with Crippen molar-refractivity contribution in [1.82, 2.24) is 5.32 Å². The summed E-state index contributed by atoms with van der Waals surface area (Å²) in [6, 6.07) is 15.3. The van der Waals surface area contributed by atoms with Crippen LogP contribution in [0.1, 0.15) is 17.5 Å². The molecular weight excluding hydrogens is 312 g/mol. The molecule has 2 aromatic carbocycles. The molecule has 0 atom stereocenters. The molecule has 0 saturated heterocycles. The first-order valence-electron chi connectivity index (χ1n) is 7.44. The maximum absolute atomic E-state index is 11.8. The van der Waals surface area contributed by atoms with E-state index in [9.17, 15) is 4.79 Å². The van der Waals surface area contributed by atoms with Gasteiger partial charge in [-0.1, -0.05) is 29.8 Å². The number of carbonyl (C=O) groups is 1. The molecule has 124 valence electrons. The van der Waals surface area contributed by atoms with Crippen LogP contribution in [0, 0.1) is 6.92 Å². The van der Waals surface area contributed by atoms with E-state index in [0.29, 0.717) is 25.3 Å². The monoisotopic (exact) mass is 334 g/mol. The molecule has 0 fully saturated rings. The smallest absolute Gasteiger partial charge is 0.224 e. The minimum atomic E-state index is 0. The van der Waals surface area contributed by atoms with E-state index in [2.05, 4.69) is 5.32 Å². The average molecular weight is 335 g/mol. The predicted molar refractivity (Wildman–Crippen MR) is 96.1 cm³/mol. The van der Waals surface area contributed by atoms with Crippen molar-refractivity contribution in [3.05, 3.63) is 59.7 Å². The van der Waals surface area contributed by atoms with Crippen molar-refractivity contribution in [2.24, 2.45) is 0 Å². The van der Waals surface area contributed by atoms with Crippen molar-refractivity contribution in [2.45, 2.75) is 19.8 Å². The fraction of sp³-hybridized carbons (Fsp3) is 0.278. The van der Waals surface area contributed by atoms with E-state index in [1.165, 1.54) is 5.56 Å². The summed E-state index contributed by atoms with van der Waals surface area (Å²) >= 11 is 0. The molecule has 0 aliphatic heterocycles. The lowest BCUT2D eigenvalue weighted by atomic mass is 10.1. The third-order valence-corrected chi connectivity index (χ3v) is 3.28. The number of rotatable bonds is 7. The number of amides is 1. The van der Waals surface area contributed by atoms with Gasteiger partial charge in [0.1, 0.15) is 5.75 Å². The molecule has 0 aromatic heterocycles. The van der Waals surface area contributed by atoms with Crippen molar-refractivity contribution in [3.63, 3.8) is 0 Å². The lowest BCUT2D eigenvalue weighted by Crippen LogP contribution is -2.27. The zero-order valence-corrected chi connectivity index (χ0v) is 14.1. The summed E-state index contributed by atoms with van der Waals surface area (Å²) in [4.78, 5) is 11.8. The van der Waals surface area contributed by atoms with Crippen molar-refractivity contribution < 1.29 is 9.53 Å². The number of halogens is 1. The highest BCUT2D eigenvalue weighted by Crippen LogP contribution is 2.11. The van der Waals surface area contributed by atoms with Gasteiger partial charge >= 0.3 is 0 Å². The number of hydrogen-bond donors (Lipinski definition) is 2. The lowest BCUT2D eigenvalue weighted by Gasteiger charge is -2.08. The van der Waals surface area contributed by atoms with E-state index >= 15 is 0 Å². The van der Waals surface area contributed by atoms with Gasteiger partial charge in [0.15, 0.2) is 0 Å². The number of aryl methyl sites for hydroxylation is 1. The van der Waals surface area contributed by atoms with Gasteiger partial charge < -0.3 is 15.8 Å². The van der Waals surface area contributed by atoms with E-state index in [1.54, 1.807) is 12.1 Å². The molecule has 0 heterocycles. The number of ether oxygens (including phenoxy) is 1. The standard InChI is InChI=1S/C18H22N2O2.ClH/c1-14-3-9-17(10-4-14)22-12-2-11-20-18(21)13-15-5-7-16(19)8-6-15;/h3-10H,2,11-13,19H2,1H3,(H,20,21);1H. The number of carbonyl (C=O) groups excluding carboxylic acids is 1. The minimum absolute atomic E-state index is 0. The number of nitrogens with one attached hydrogen (secondary N) is 1. The van der Waals surface area contributed by atoms with Crippen LogP contribution in [-0.4, -0.2) is 19.1 Å². The number of nitrogen functional groups attached to an aromatic ring is 1. The van der Waals surface area contributed by atoms with Gasteiger partial charge in [-0.15, -0.1) is 12.4 Å². The van der Waals surface area contributed by atoms with Gasteiger partial charge in [0.05, 0.1) is 13.0 Å². The van der Waals surface area contributed by atoms with Crippen LogP contribution >= 0.6 is 12.4 Å². The van der Waals surface area contributed by atoms with Crippen molar-refractivity contribution in [2.75, 3.05) is 18.9 Å². The van der Waals surface area contributed by atoms with Gasteiger partial charge in [-0.2, -0.15) is 0 Å². The lowest BCUT2D eigenvalue weighted by molar-refractivity contribution is -0.120. The second-order valence-corrected chi connectivity index (χ2v) is 5.28. The van der Waals surface area contributed by atoms with Gasteiger partial charge in [-0.3, -0.25) is 4.79 Å². The zero-order chi connectivity index (χ0) is 15.8. The second kappa shape index (κ2) is 9.74. The molecule has 0 radical (unpaired) electrons. The van der Waals surface area contributed by atoms with E-state index in [1.807, 2.05) is 43.3 Å². The maximum atomic E-state index is 11.8. The Kier molecular flexibility index (Phi) is 7.98. The summed E-state index contributed by atoms with van der Waals surface area (Å²) < 4.78 is 5.61. The third kappa shape index (κ3) is 7.06. The highest BCUT2D eigenvalue weighted by molar-refractivity contribution is 5.85. The molecule has 0 spiro atoms. The Balaban J connectivity index is 0.00000264. The number of nitrogens with two attached hydrogens (primary N) is 1. The molecule has 0 aliphatic rings. The molecule has 5 heteroatoms. The van der Waals surface area contributed by atoms with Gasteiger partial charge in [-0.25, -0.2) is 0 Å². The quantitative estimate of drug-likeness (QED) is 0.604. The van der Waals surface area contributed by atoms with Crippen LogP contribution in [0.4, 0.5) is 5.69 Å². The fourth-order valence-corrected chi connectivity index (χ4v) is 2.01. The Labute approximate surface area is 143 Å². The molecule has 4 nitrogen and oxygen atoms in total. The van der Waals surface area contributed by atoms with Crippen LogP contribution in [0.5, 0.6) is 5.75 Å². The largest absolute Gasteiger partial charge is 0.494 e. The number of anilines is 1. The van der Waals surface area contributed by atoms with Crippen LogP contribution in [0.15, 0.2) is 48.5 Å². The van der Waals surface area contributed by atoms with E-state index < -0.39 is 0 Å². The summed E-state index contributed by atoms with van der Waals surface area (Å²) in [6.07, 6.45) is 1.15. The van der Waals surface area contributed by atoms with Crippen molar-refractivity contribution >= 4 is 24.0 Å². The Morgan fingerprint density at radius 3 is 2.39 bits per heavy atom. The predicted octanol–water partition coefficient (Wildman–Crippen LogP) is 3.13. The van der Waals surface area contributed by atoms with Gasteiger partial charge in [0, 0.05) is 12.2 Å². The number of hydrogen-bond acceptors (Lipinski definition) is 3. The van der Waals surface area contributed by atoms with Crippen molar-refractivity contribution in [1.29, 1.82) is 0 Å². The molecular formula is C18H23ClN2O2.